The summed E-state index contributed by atoms with van der Waals surface area (Å²) in [4.78, 5) is 22.8. The summed E-state index contributed by atoms with van der Waals surface area (Å²) in [6.45, 7) is 7.78. The van der Waals surface area contributed by atoms with Crippen LogP contribution in [0.1, 0.15) is 52.9 Å². The zero-order chi connectivity index (χ0) is 25.5. The molecule has 2 atom stereocenters. The van der Waals surface area contributed by atoms with Gasteiger partial charge in [0.1, 0.15) is 10.4 Å². The van der Waals surface area contributed by atoms with Crippen molar-refractivity contribution in [3.8, 4) is 0 Å². The molecule has 0 unspecified atom stereocenters. The zero-order valence-electron chi connectivity index (χ0n) is 21.4. The minimum Gasteiger partial charge on any atom is -0.598 e. The summed E-state index contributed by atoms with van der Waals surface area (Å²) in [7, 11) is 1.89. The molecule has 8 nitrogen and oxygen atoms in total. The minimum absolute atomic E-state index is 0.176. The number of thioether (sulfide) groups is 1. The average molecular weight is 527 g/mol. The number of piperidine rings is 1. The van der Waals surface area contributed by atoms with Gasteiger partial charge in [0, 0.05) is 48.8 Å². The van der Waals surface area contributed by atoms with Gasteiger partial charge < -0.3 is 14.4 Å². The van der Waals surface area contributed by atoms with Crippen LogP contribution in [0.3, 0.4) is 0 Å². The smallest absolute Gasteiger partial charge is 0.206 e. The number of hydrogen-bond donors (Lipinski definition) is 1. The van der Waals surface area contributed by atoms with E-state index >= 15 is 0 Å². The van der Waals surface area contributed by atoms with Gasteiger partial charge in [-0.1, -0.05) is 18.2 Å². The standard InChI is InChI=1S/C26H34N6O2S2/c1-25(2,3)36(34)29-23-8-5-10-26(23)11-15-31(16-12-26)24-27-17-22(20(18-33)30(24)4)35-21-7-6-14-32-19(21)9-13-28-32/h6-7,9,13-14,17,23,29H,5,8,10-12,15-16H2,1-4H3/t23-,36-/m1/s1. The molecule has 1 saturated carbocycles. The van der Waals surface area contributed by atoms with Crippen molar-refractivity contribution in [3.05, 3.63) is 47.4 Å². The predicted molar refractivity (Wildman–Crippen MR) is 145 cm³/mol. The monoisotopic (exact) mass is 526 g/mol. The molecule has 0 amide bonds. The van der Waals surface area contributed by atoms with Crippen molar-refractivity contribution < 1.29 is 9.35 Å². The molecular formula is C26H34N6O2S2. The van der Waals surface area contributed by atoms with Crippen LogP contribution in [0, 0.1) is 5.41 Å². The van der Waals surface area contributed by atoms with E-state index in [-0.39, 0.29) is 16.2 Å². The molecule has 3 aliphatic rings. The first-order valence-corrected chi connectivity index (χ1v) is 14.5. The highest BCUT2D eigenvalue weighted by molar-refractivity contribution is 8.03. The number of carbonyl (C=O) groups excluding carboxylic acids is 1. The SMILES string of the molecule is CN1C(=C=O)C(Sc2cccn3nccc23)=CN=C1N1CCC2(CCC[C@H]2N[S@+]([O-])C(C)(C)C)CC1. The number of pyridine rings is 1. The molecule has 36 heavy (non-hydrogen) atoms. The normalized spacial score (nSPS) is 23.1. The number of aromatic nitrogens is 2. The number of aliphatic imine (C=N–C) groups is 1. The van der Waals surface area contributed by atoms with Crippen molar-refractivity contribution in [2.75, 3.05) is 20.1 Å². The quantitative estimate of drug-likeness (QED) is 0.476. The Morgan fingerprint density at radius 3 is 2.75 bits per heavy atom. The molecule has 2 aromatic heterocycles. The van der Waals surface area contributed by atoms with Gasteiger partial charge in [0.05, 0.1) is 22.7 Å². The summed E-state index contributed by atoms with van der Waals surface area (Å²) >= 11 is 0.439. The molecule has 0 radical (unpaired) electrons. The molecule has 4 heterocycles. The highest BCUT2D eigenvalue weighted by Crippen LogP contribution is 2.47. The van der Waals surface area contributed by atoms with E-state index in [1.807, 2.05) is 61.6 Å². The first-order valence-electron chi connectivity index (χ1n) is 12.5. The van der Waals surface area contributed by atoms with Crippen molar-refractivity contribution in [3.63, 3.8) is 0 Å². The van der Waals surface area contributed by atoms with Crippen LogP contribution < -0.4 is 4.72 Å². The molecule has 1 saturated heterocycles. The maximum Gasteiger partial charge on any atom is 0.206 e. The number of likely N-dealkylation sites (N-methyl/N-ethyl adjacent to an activating group) is 1. The molecule has 10 heteroatoms. The van der Waals surface area contributed by atoms with E-state index in [0.717, 1.165) is 53.6 Å². The lowest BCUT2D eigenvalue weighted by Gasteiger charge is -2.45. The molecule has 1 aliphatic carbocycles. The van der Waals surface area contributed by atoms with Crippen LogP contribution in [0.25, 0.3) is 5.52 Å². The molecule has 192 valence electrons. The van der Waals surface area contributed by atoms with Gasteiger partial charge >= 0.3 is 0 Å². The van der Waals surface area contributed by atoms with Crippen molar-refractivity contribution in [2.45, 2.75) is 68.6 Å². The summed E-state index contributed by atoms with van der Waals surface area (Å²) in [6.07, 6.45) is 10.9. The number of guanidine groups is 1. The molecule has 2 fully saturated rings. The highest BCUT2D eigenvalue weighted by Gasteiger charge is 2.48. The predicted octanol–water partition coefficient (Wildman–Crippen LogP) is 3.97. The number of rotatable bonds is 4. The van der Waals surface area contributed by atoms with E-state index in [2.05, 4.69) is 20.7 Å². The van der Waals surface area contributed by atoms with Gasteiger partial charge in [0.15, 0.2) is 5.94 Å². The second kappa shape index (κ2) is 9.91. The Kier molecular flexibility index (Phi) is 7.00. The van der Waals surface area contributed by atoms with Crippen LogP contribution in [0.15, 0.2) is 57.3 Å². The van der Waals surface area contributed by atoms with Crippen LogP contribution in [-0.4, -0.2) is 66.8 Å². The Hall–Kier alpha value is -2.23. The fourth-order valence-corrected chi connectivity index (χ4v) is 7.54. The van der Waals surface area contributed by atoms with E-state index < -0.39 is 11.4 Å². The third-order valence-corrected chi connectivity index (χ3v) is 10.3. The summed E-state index contributed by atoms with van der Waals surface area (Å²) in [6, 6.07) is 6.21. The first kappa shape index (κ1) is 25.4. The molecule has 1 N–H and O–H groups in total. The van der Waals surface area contributed by atoms with Gasteiger partial charge in [0.25, 0.3) is 0 Å². The molecule has 0 aromatic carbocycles. The molecule has 0 bridgehead atoms. The van der Waals surface area contributed by atoms with Crippen LogP contribution in [-0.2, 0) is 16.2 Å². The van der Waals surface area contributed by atoms with Gasteiger partial charge in [-0.05, 0) is 70.1 Å². The van der Waals surface area contributed by atoms with Gasteiger partial charge in [0.2, 0.25) is 5.96 Å². The number of likely N-dealkylation sites (tertiary alicyclic amines) is 1. The Balaban J connectivity index is 1.31. The largest absolute Gasteiger partial charge is 0.598 e. The molecular weight excluding hydrogens is 492 g/mol. The number of nitrogens with zero attached hydrogens (tertiary/aromatic N) is 5. The van der Waals surface area contributed by atoms with Crippen molar-refractivity contribution in [1.29, 1.82) is 0 Å². The Labute approximate surface area is 220 Å². The minimum atomic E-state index is -1.06. The lowest BCUT2D eigenvalue weighted by atomic mass is 9.74. The summed E-state index contributed by atoms with van der Waals surface area (Å²) in [5, 5.41) is 4.30. The molecule has 2 aliphatic heterocycles. The van der Waals surface area contributed by atoms with E-state index in [4.69, 9.17) is 4.99 Å². The van der Waals surface area contributed by atoms with E-state index in [0.29, 0.717) is 5.70 Å². The van der Waals surface area contributed by atoms with Gasteiger partial charge in [-0.15, -0.1) is 4.72 Å². The fraction of sp³-hybridized carbons (Fsp3) is 0.538. The lowest BCUT2D eigenvalue weighted by molar-refractivity contribution is 0.122. The molecule has 1 spiro atoms. The van der Waals surface area contributed by atoms with Crippen LogP contribution in [0.2, 0.25) is 0 Å². The van der Waals surface area contributed by atoms with Crippen molar-refractivity contribution in [1.82, 2.24) is 24.1 Å². The second-order valence-corrected chi connectivity index (χ2v) is 13.9. The summed E-state index contributed by atoms with van der Waals surface area (Å²) < 4.78 is 17.8. The van der Waals surface area contributed by atoms with Gasteiger partial charge in [-0.3, -0.25) is 0 Å². The van der Waals surface area contributed by atoms with Crippen LogP contribution in [0.4, 0.5) is 0 Å². The van der Waals surface area contributed by atoms with Crippen LogP contribution in [0.5, 0.6) is 0 Å². The maximum absolute atomic E-state index is 12.8. The number of nitrogens with one attached hydrogen (secondary N) is 1. The second-order valence-electron chi connectivity index (χ2n) is 10.9. The van der Waals surface area contributed by atoms with E-state index in [9.17, 15) is 9.35 Å². The third kappa shape index (κ3) is 4.73. The Morgan fingerprint density at radius 2 is 2.03 bits per heavy atom. The zero-order valence-corrected chi connectivity index (χ0v) is 23.0. The summed E-state index contributed by atoms with van der Waals surface area (Å²) in [5.74, 6) is 2.94. The summed E-state index contributed by atoms with van der Waals surface area (Å²) in [5.41, 5.74) is 1.65. The molecule has 5 rings (SSSR count). The third-order valence-electron chi connectivity index (χ3n) is 7.63. The molecule has 2 aromatic rings. The Morgan fingerprint density at radius 1 is 1.25 bits per heavy atom. The average Bonchev–Trinajstić information content (AvgIpc) is 3.48. The lowest BCUT2D eigenvalue weighted by Crippen LogP contribution is -2.55. The van der Waals surface area contributed by atoms with Gasteiger partial charge in [-0.2, -0.15) is 5.10 Å². The van der Waals surface area contributed by atoms with E-state index in [1.165, 1.54) is 24.6 Å². The first-order chi connectivity index (χ1) is 17.2. The fourth-order valence-electron chi connectivity index (χ4n) is 5.53. The van der Waals surface area contributed by atoms with E-state index in [1.54, 1.807) is 12.4 Å². The highest BCUT2D eigenvalue weighted by atomic mass is 32.2. The van der Waals surface area contributed by atoms with Crippen molar-refractivity contribution in [2.24, 2.45) is 10.4 Å². The van der Waals surface area contributed by atoms with Crippen LogP contribution >= 0.6 is 11.8 Å². The topological polar surface area (TPSA) is 88.3 Å². The maximum atomic E-state index is 12.8. The number of hydrogen-bond acceptors (Lipinski definition) is 8. The Bertz CT molecular complexity index is 1230. The van der Waals surface area contributed by atoms with Crippen molar-refractivity contribution >= 4 is 40.5 Å². The number of fused-ring (bicyclic) bond motifs is 1. The van der Waals surface area contributed by atoms with Gasteiger partial charge in [-0.25, -0.2) is 14.3 Å².